The molecule has 1 unspecified atom stereocenters. The fraction of sp³-hybridized carbons (Fsp3) is 0.500. The molecule has 1 atom stereocenters. The van der Waals surface area contributed by atoms with Crippen molar-refractivity contribution in [3.63, 3.8) is 0 Å². The molecule has 0 spiro atoms. The third-order valence-corrected chi connectivity index (χ3v) is 4.10. The lowest BCUT2D eigenvalue weighted by molar-refractivity contribution is -0.122. The van der Waals surface area contributed by atoms with Gasteiger partial charge in [0, 0.05) is 18.0 Å². The fourth-order valence-electron chi connectivity index (χ4n) is 2.08. The van der Waals surface area contributed by atoms with Crippen molar-refractivity contribution in [2.75, 3.05) is 18.4 Å². The number of aryl methyl sites for hydroxylation is 1. The zero-order chi connectivity index (χ0) is 15.4. The first-order valence-corrected chi connectivity index (χ1v) is 7.80. The average molecular weight is 307 g/mol. The molecule has 4 N–H and O–H groups in total. The van der Waals surface area contributed by atoms with Gasteiger partial charge in [-0.25, -0.2) is 9.97 Å². The monoisotopic (exact) mass is 307 g/mol. The number of aromatic nitrogens is 2. The lowest BCUT2D eigenvalue weighted by Crippen LogP contribution is -2.44. The molecule has 0 fully saturated rings. The van der Waals surface area contributed by atoms with Crippen molar-refractivity contribution in [1.29, 1.82) is 0 Å². The molecule has 0 saturated heterocycles. The summed E-state index contributed by atoms with van der Waals surface area (Å²) in [6, 6.07) is 1.69. The Labute approximate surface area is 128 Å². The van der Waals surface area contributed by atoms with Gasteiger partial charge in [-0.3, -0.25) is 4.79 Å². The predicted octanol–water partition coefficient (Wildman–Crippen LogP) is 1.51. The second-order valence-electron chi connectivity index (χ2n) is 5.24. The Morgan fingerprint density at radius 3 is 2.86 bits per heavy atom. The van der Waals surface area contributed by atoms with Gasteiger partial charge in [0.15, 0.2) is 0 Å². The predicted molar refractivity (Wildman–Crippen MR) is 86.5 cm³/mol. The molecule has 0 saturated carbocycles. The van der Waals surface area contributed by atoms with E-state index in [1.807, 2.05) is 26.8 Å². The van der Waals surface area contributed by atoms with Crippen LogP contribution < -0.4 is 16.4 Å². The second kappa shape index (κ2) is 6.82. The highest BCUT2D eigenvalue weighted by molar-refractivity contribution is 7.18. The van der Waals surface area contributed by atoms with E-state index in [2.05, 4.69) is 20.6 Å². The summed E-state index contributed by atoms with van der Waals surface area (Å²) in [6.45, 7) is 6.93. The third kappa shape index (κ3) is 3.68. The van der Waals surface area contributed by atoms with E-state index in [0.29, 0.717) is 18.9 Å². The topological polar surface area (TPSA) is 92.9 Å². The molecule has 21 heavy (non-hydrogen) atoms. The van der Waals surface area contributed by atoms with Gasteiger partial charge in [0.25, 0.3) is 0 Å². The molecule has 114 valence electrons. The summed E-state index contributed by atoms with van der Waals surface area (Å²) in [5.41, 5.74) is 5.43. The minimum Gasteiger partial charge on any atom is -0.358 e. The standard InChI is InChI=1S/C14H21N5OS/c1-8(2)11(13(20)16-5-4-15)19-12-10-6-9(3)21-14(10)18-7-17-12/h6-8,11H,4-5,15H2,1-3H3,(H,16,20)(H,17,18,19). The van der Waals surface area contributed by atoms with Crippen LogP contribution in [0.2, 0.25) is 0 Å². The first-order valence-electron chi connectivity index (χ1n) is 6.98. The van der Waals surface area contributed by atoms with Crippen molar-refractivity contribution in [3.8, 4) is 0 Å². The van der Waals surface area contributed by atoms with Crippen molar-refractivity contribution in [1.82, 2.24) is 15.3 Å². The van der Waals surface area contributed by atoms with E-state index in [0.717, 1.165) is 10.2 Å². The Morgan fingerprint density at radius 1 is 1.43 bits per heavy atom. The summed E-state index contributed by atoms with van der Waals surface area (Å²) in [7, 11) is 0. The highest BCUT2D eigenvalue weighted by Gasteiger charge is 2.23. The number of carbonyl (C=O) groups is 1. The summed E-state index contributed by atoms with van der Waals surface area (Å²) < 4.78 is 0. The van der Waals surface area contributed by atoms with E-state index >= 15 is 0 Å². The average Bonchev–Trinajstić information content (AvgIpc) is 2.82. The summed E-state index contributed by atoms with van der Waals surface area (Å²) >= 11 is 1.62. The summed E-state index contributed by atoms with van der Waals surface area (Å²) in [4.78, 5) is 22.9. The maximum absolute atomic E-state index is 12.2. The molecule has 2 aromatic rings. The molecule has 2 rings (SSSR count). The number of hydrogen-bond donors (Lipinski definition) is 3. The second-order valence-corrected chi connectivity index (χ2v) is 6.48. The first-order chi connectivity index (χ1) is 10.0. The van der Waals surface area contributed by atoms with Crippen molar-refractivity contribution in [2.45, 2.75) is 26.8 Å². The number of hydrogen-bond acceptors (Lipinski definition) is 6. The van der Waals surface area contributed by atoms with Gasteiger partial charge in [-0.2, -0.15) is 0 Å². The fourth-order valence-corrected chi connectivity index (χ4v) is 2.93. The van der Waals surface area contributed by atoms with Gasteiger partial charge in [-0.05, 0) is 18.9 Å². The highest BCUT2D eigenvalue weighted by atomic mass is 32.1. The van der Waals surface area contributed by atoms with Gasteiger partial charge in [-0.15, -0.1) is 11.3 Å². The first kappa shape index (κ1) is 15.7. The van der Waals surface area contributed by atoms with Gasteiger partial charge in [0.1, 0.15) is 23.0 Å². The number of anilines is 1. The Bertz CT molecular complexity index is 625. The molecule has 0 bridgehead atoms. The lowest BCUT2D eigenvalue weighted by Gasteiger charge is -2.22. The van der Waals surface area contributed by atoms with Crippen LogP contribution in [0.25, 0.3) is 10.2 Å². The van der Waals surface area contributed by atoms with E-state index in [4.69, 9.17) is 5.73 Å². The zero-order valence-corrected chi connectivity index (χ0v) is 13.3. The molecule has 6 nitrogen and oxygen atoms in total. The van der Waals surface area contributed by atoms with Crippen LogP contribution in [0.3, 0.4) is 0 Å². The van der Waals surface area contributed by atoms with E-state index in [-0.39, 0.29) is 17.9 Å². The minimum atomic E-state index is -0.352. The molecule has 1 amide bonds. The highest BCUT2D eigenvalue weighted by Crippen LogP contribution is 2.28. The van der Waals surface area contributed by atoms with Crippen molar-refractivity contribution >= 4 is 33.3 Å². The van der Waals surface area contributed by atoms with E-state index in [9.17, 15) is 4.79 Å². The summed E-state index contributed by atoms with van der Waals surface area (Å²) in [6.07, 6.45) is 1.52. The van der Waals surface area contributed by atoms with Crippen molar-refractivity contribution in [3.05, 3.63) is 17.3 Å². The number of nitrogens with one attached hydrogen (secondary N) is 2. The van der Waals surface area contributed by atoms with E-state index in [1.165, 1.54) is 11.2 Å². The Hall–Kier alpha value is -1.73. The van der Waals surface area contributed by atoms with E-state index < -0.39 is 0 Å². The van der Waals surface area contributed by atoms with Gasteiger partial charge < -0.3 is 16.4 Å². The van der Waals surface area contributed by atoms with Crippen LogP contribution in [0.5, 0.6) is 0 Å². The number of thiophene rings is 1. The van der Waals surface area contributed by atoms with Crippen molar-refractivity contribution < 1.29 is 4.79 Å². The maximum atomic E-state index is 12.2. The van der Waals surface area contributed by atoms with Gasteiger partial charge in [0.2, 0.25) is 5.91 Å². The quantitative estimate of drug-likeness (QED) is 0.752. The SMILES string of the molecule is Cc1cc2c(NC(C(=O)NCCN)C(C)C)ncnc2s1. The Kier molecular flexibility index (Phi) is 5.08. The molecule has 2 aromatic heterocycles. The molecular formula is C14H21N5OS. The zero-order valence-electron chi connectivity index (χ0n) is 12.5. The molecule has 2 heterocycles. The number of amides is 1. The normalized spacial score (nSPS) is 12.6. The number of fused-ring (bicyclic) bond motifs is 1. The molecule has 7 heteroatoms. The van der Waals surface area contributed by atoms with Crippen LogP contribution in [-0.4, -0.2) is 35.0 Å². The lowest BCUT2D eigenvalue weighted by atomic mass is 10.0. The van der Waals surface area contributed by atoms with Crippen LogP contribution in [0.1, 0.15) is 18.7 Å². The molecule has 0 aromatic carbocycles. The van der Waals surface area contributed by atoms with E-state index in [1.54, 1.807) is 11.3 Å². The van der Waals surface area contributed by atoms with Gasteiger partial charge in [-0.1, -0.05) is 13.8 Å². The third-order valence-electron chi connectivity index (χ3n) is 3.14. The van der Waals surface area contributed by atoms with Crippen molar-refractivity contribution in [2.24, 2.45) is 11.7 Å². The van der Waals surface area contributed by atoms with Crippen LogP contribution in [-0.2, 0) is 4.79 Å². The molecule has 0 aliphatic rings. The van der Waals surface area contributed by atoms with Crippen LogP contribution >= 0.6 is 11.3 Å². The number of carbonyl (C=O) groups excluding carboxylic acids is 1. The smallest absolute Gasteiger partial charge is 0.242 e. The summed E-state index contributed by atoms with van der Waals surface area (Å²) in [5, 5.41) is 7.02. The number of rotatable bonds is 6. The minimum absolute atomic E-state index is 0.0610. The molecule has 0 aliphatic carbocycles. The summed E-state index contributed by atoms with van der Waals surface area (Å²) in [5.74, 6) is 0.771. The number of nitrogens with two attached hydrogens (primary N) is 1. The van der Waals surface area contributed by atoms with Crippen LogP contribution in [0.4, 0.5) is 5.82 Å². The van der Waals surface area contributed by atoms with Crippen LogP contribution in [0.15, 0.2) is 12.4 Å². The van der Waals surface area contributed by atoms with Crippen LogP contribution in [0, 0.1) is 12.8 Å². The van der Waals surface area contributed by atoms with Gasteiger partial charge >= 0.3 is 0 Å². The molecular weight excluding hydrogens is 286 g/mol. The maximum Gasteiger partial charge on any atom is 0.242 e. The molecule has 0 aliphatic heterocycles. The number of nitrogens with zero attached hydrogens (tertiary/aromatic N) is 2. The Morgan fingerprint density at radius 2 is 2.19 bits per heavy atom. The largest absolute Gasteiger partial charge is 0.358 e. The molecule has 0 radical (unpaired) electrons. The Balaban J connectivity index is 2.24. The van der Waals surface area contributed by atoms with Gasteiger partial charge in [0.05, 0.1) is 5.39 Å².